The number of urea groups is 1. The number of aliphatic imine (C=N–C) groups is 1. The topological polar surface area (TPSA) is 106 Å². The van der Waals surface area contributed by atoms with Gasteiger partial charge >= 0.3 is 6.03 Å². The summed E-state index contributed by atoms with van der Waals surface area (Å²) in [5, 5.41) is 4.82. The average molecular weight is 358 g/mol. The Morgan fingerprint density at radius 2 is 1.96 bits per heavy atom. The highest BCUT2D eigenvalue weighted by molar-refractivity contribution is 6.00. The molecule has 0 fully saturated rings. The van der Waals surface area contributed by atoms with Crippen LogP contribution in [0.2, 0.25) is 0 Å². The maximum absolute atomic E-state index is 11.7. The molecule has 7 heteroatoms. The van der Waals surface area contributed by atoms with E-state index in [0.29, 0.717) is 29.3 Å². The minimum absolute atomic E-state index is 0.424. The first-order valence-electron chi connectivity index (χ1n) is 8.23. The largest absolute Gasteiger partial charge is 0.455 e. The number of rotatable bonds is 6. The third kappa shape index (κ3) is 6.80. The number of aryl methyl sites for hydroxylation is 2. The summed E-state index contributed by atoms with van der Waals surface area (Å²) in [5.74, 6) is 0.816. The van der Waals surface area contributed by atoms with Crippen LogP contribution in [-0.4, -0.2) is 25.2 Å². The van der Waals surface area contributed by atoms with Crippen molar-refractivity contribution in [1.29, 1.82) is 0 Å². The molecule has 1 aromatic carbocycles. The molecule has 0 heterocycles. The Balaban J connectivity index is 3.16. The summed E-state index contributed by atoms with van der Waals surface area (Å²) >= 11 is 0. The molecule has 140 valence electrons. The van der Waals surface area contributed by atoms with E-state index in [1.54, 1.807) is 38.4 Å². The summed E-state index contributed by atoms with van der Waals surface area (Å²) in [4.78, 5) is 26.7. The number of ether oxygens (including phenoxy) is 1. The highest BCUT2D eigenvalue weighted by Crippen LogP contribution is 2.29. The fourth-order valence-electron chi connectivity index (χ4n) is 2.21. The zero-order chi connectivity index (χ0) is 19.7. The van der Waals surface area contributed by atoms with E-state index in [0.717, 1.165) is 11.1 Å². The summed E-state index contributed by atoms with van der Waals surface area (Å²) in [6.07, 6.45) is 5.78. The number of anilines is 1. The van der Waals surface area contributed by atoms with Gasteiger partial charge in [-0.3, -0.25) is 15.1 Å². The van der Waals surface area contributed by atoms with Gasteiger partial charge in [-0.05, 0) is 55.7 Å². The van der Waals surface area contributed by atoms with Crippen molar-refractivity contribution in [3.8, 4) is 5.75 Å². The number of benzene rings is 1. The molecule has 3 amide bonds. The first-order chi connectivity index (χ1) is 12.3. The third-order valence-corrected chi connectivity index (χ3v) is 3.27. The smallest absolute Gasteiger partial charge is 0.325 e. The van der Waals surface area contributed by atoms with Gasteiger partial charge in [-0.2, -0.15) is 0 Å². The standard InChI is InChI=1S/C19H26N4O3/c1-6-15-10-16(23-19(25)22-14(4)24)9-12(2)18(15)26-17(11-21-5)8-7-13(3)20/h7-11H,6,20H2,1-5H3,(H2,22,23,24,25)/b13-7+,17-8+,21-11+. The Labute approximate surface area is 154 Å². The van der Waals surface area contributed by atoms with Gasteiger partial charge in [-0.15, -0.1) is 0 Å². The predicted octanol–water partition coefficient (Wildman–Crippen LogP) is 3.05. The molecule has 0 bridgehead atoms. The molecule has 0 aliphatic carbocycles. The van der Waals surface area contributed by atoms with E-state index < -0.39 is 11.9 Å². The van der Waals surface area contributed by atoms with Crippen molar-refractivity contribution < 1.29 is 14.3 Å². The predicted molar refractivity (Wildman–Crippen MR) is 104 cm³/mol. The highest BCUT2D eigenvalue weighted by atomic mass is 16.5. The number of hydrogen-bond donors (Lipinski definition) is 3. The summed E-state index contributed by atoms with van der Waals surface area (Å²) in [5.41, 5.74) is 8.64. The van der Waals surface area contributed by atoms with Crippen LogP contribution in [-0.2, 0) is 11.2 Å². The molecule has 1 rings (SSSR count). The molecule has 0 atom stereocenters. The molecule has 0 saturated heterocycles. The van der Waals surface area contributed by atoms with Gasteiger partial charge in [0.25, 0.3) is 0 Å². The Hall–Kier alpha value is -3.09. The normalized spacial score (nSPS) is 12.2. The monoisotopic (exact) mass is 358 g/mol. The van der Waals surface area contributed by atoms with Crippen molar-refractivity contribution >= 4 is 23.8 Å². The molecule has 0 saturated carbocycles. The van der Waals surface area contributed by atoms with Crippen LogP contribution < -0.4 is 21.1 Å². The lowest BCUT2D eigenvalue weighted by atomic mass is 10.1. The van der Waals surface area contributed by atoms with Gasteiger partial charge in [0, 0.05) is 25.4 Å². The molecule has 0 aromatic heterocycles. The molecular formula is C19H26N4O3. The number of carbonyl (C=O) groups is 2. The molecule has 1 aromatic rings. The van der Waals surface area contributed by atoms with Crippen molar-refractivity contribution in [2.45, 2.75) is 34.1 Å². The number of carbonyl (C=O) groups excluding carboxylic acids is 2. The number of nitrogens with one attached hydrogen (secondary N) is 2. The lowest BCUT2D eigenvalue weighted by Gasteiger charge is -2.16. The van der Waals surface area contributed by atoms with Gasteiger partial charge in [0.1, 0.15) is 11.5 Å². The SMILES string of the molecule is CCc1cc(NC(=O)NC(C)=O)cc(C)c1OC(/C=N/C)=C/C=C(\C)N. The van der Waals surface area contributed by atoms with E-state index in [9.17, 15) is 9.59 Å². The van der Waals surface area contributed by atoms with Crippen molar-refractivity contribution in [2.75, 3.05) is 12.4 Å². The summed E-state index contributed by atoms with van der Waals surface area (Å²) in [7, 11) is 1.66. The van der Waals surface area contributed by atoms with Crippen LogP contribution in [0.25, 0.3) is 0 Å². The first kappa shape index (κ1) is 21.0. The maximum Gasteiger partial charge on any atom is 0.325 e. The zero-order valence-corrected chi connectivity index (χ0v) is 15.8. The second-order valence-corrected chi connectivity index (χ2v) is 5.74. The Morgan fingerprint density at radius 3 is 2.50 bits per heavy atom. The Kier molecular flexibility index (Phi) is 8.08. The summed E-state index contributed by atoms with van der Waals surface area (Å²) in [6, 6.07) is 3.01. The fraction of sp³-hybridized carbons (Fsp3) is 0.316. The Morgan fingerprint density at radius 1 is 1.27 bits per heavy atom. The van der Waals surface area contributed by atoms with Crippen LogP contribution in [0.1, 0.15) is 31.9 Å². The minimum Gasteiger partial charge on any atom is -0.455 e. The van der Waals surface area contributed by atoms with Crippen molar-refractivity contribution in [2.24, 2.45) is 10.7 Å². The van der Waals surface area contributed by atoms with E-state index in [1.165, 1.54) is 6.92 Å². The molecule has 0 radical (unpaired) electrons. The molecule has 0 unspecified atom stereocenters. The number of nitrogens with zero attached hydrogens (tertiary/aromatic N) is 1. The molecule has 4 N–H and O–H groups in total. The highest BCUT2D eigenvalue weighted by Gasteiger charge is 2.12. The van der Waals surface area contributed by atoms with Gasteiger partial charge in [0.05, 0.1) is 6.21 Å². The van der Waals surface area contributed by atoms with Gasteiger partial charge in [0.15, 0.2) is 0 Å². The van der Waals surface area contributed by atoms with E-state index in [1.807, 2.05) is 19.9 Å². The molecule has 0 spiro atoms. The van der Waals surface area contributed by atoms with Crippen LogP contribution >= 0.6 is 0 Å². The van der Waals surface area contributed by atoms with Crippen LogP contribution in [0.4, 0.5) is 10.5 Å². The average Bonchev–Trinajstić information content (AvgIpc) is 2.53. The first-order valence-corrected chi connectivity index (χ1v) is 8.23. The van der Waals surface area contributed by atoms with Crippen molar-refractivity contribution in [3.63, 3.8) is 0 Å². The number of hydrogen-bond acceptors (Lipinski definition) is 5. The minimum atomic E-state index is -0.574. The van der Waals surface area contributed by atoms with Gasteiger partial charge in [-0.25, -0.2) is 4.79 Å². The molecule has 0 aliphatic rings. The van der Waals surface area contributed by atoms with Crippen molar-refractivity contribution in [1.82, 2.24) is 5.32 Å². The van der Waals surface area contributed by atoms with Gasteiger partial charge in [0.2, 0.25) is 5.91 Å². The molecule has 0 aliphatic heterocycles. The maximum atomic E-state index is 11.7. The Bertz CT molecular complexity index is 760. The van der Waals surface area contributed by atoms with Crippen molar-refractivity contribution in [3.05, 3.63) is 46.9 Å². The number of amides is 3. The van der Waals surface area contributed by atoms with E-state index >= 15 is 0 Å². The number of imide groups is 1. The quantitative estimate of drug-likeness (QED) is 0.413. The summed E-state index contributed by atoms with van der Waals surface area (Å²) < 4.78 is 6.01. The third-order valence-electron chi connectivity index (χ3n) is 3.27. The fourth-order valence-corrected chi connectivity index (χ4v) is 2.21. The van der Waals surface area contributed by atoms with Gasteiger partial charge in [-0.1, -0.05) is 6.92 Å². The summed E-state index contributed by atoms with van der Waals surface area (Å²) in [6.45, 7) is 6.93. The van der Waals surface area contributed by atoms with Crippen LogP contribution in [0.15, 0.2) is 40.7 Å². The van der Waals surface area contributed by atoms with Crippen LogP contribution in [0.5, 0.6) is 5.75 Å². The van der Waals surface area contributed by atoms with E-state index in [-0.39, 0.29) is 0 Å². The molecule has 26 heavy (non-hydrogen) atoms. The lowest BCUT2D eigenvalue weighted by Crippen LogP contribution is -2.32. The van der Waals surface area contributed by atoms with Crippen LogP contribution in [0, 0.1) is 6.92 Å². The number of allylic oxidation sites excluding steroid dienone is 4. The molecule has 7 nitrogen and oxygen atoms in total. The second-order valence-electron chi connectivity index (χ2n) is 5.74. The number of nitrogens with two attached hydrogens (primary N) is 1. The zero-order valence-electron chi connectivity index (χ0n) is 15.8. The second kappa shape index (κ2) is 10.0. The lowest BCUT2D eigenvalue weighted by molar-refractivity contribution is -0.117. The van der Waals surface area contributed by atoms with E-state index in [4.69, 9.17) is 10.5 Å². The molecular weight excluding hydrogens is 332 g/mol. The van der Waals surface area contributed by atoms with Crippen LogP contribution in [0.3, 0.4) is 0 Å². The van der Waals surface area contributed by atoms with E-state index in [2.05, 4.69) is 15.6 Å². The van der Waals surface area contributed by atoms with Gasteiger partial charge < -0.3 is 15.8 Å².